The Bertz CT molecular complexity index is 140. The highest BCUT2D eigenvalue weighted by Gasteiger charge is 2.34. The fraction of sp³-hybridized carbons (Fsp3) is 0.750. The van der Waals surface area contributed by atoms with Gasteiger partial charge in [0.2, 0.25) is 0 Å². The minimum atomic E-state index is -0.00463. The van der Waals surface area contributed by atoms with Crippen molar-refractivity contribution in [2.45, 2.75) is 25.4 Å². The van der Waals surface area contributed by atoms with E-state index in [0.29, 0.717) is 11.8 Å². The summed E-state index contributed by atoms with van der Waals surface area (Å²) in [5.74, 6) is 1.10. The lowest BCUT2D eigenvalue weighted by Gasteiger charge is -2.19. The number of rotatable bonds is 0. The molecule has 1 fully saturated rings. The molecule has 0 saturated heterocycles. The number of aliphatic hydroxyl groups excluding tert-OH is 1. The first-order chi connectivity index (χ1) is 4.38. The van der Waals surface area contributed by atoms with Crippen molar-refractivity contribution < 1.29 is 5.11 Å². The first kappa shape index (κ1) is 5.48. The molecule has 0 aromatic carbocycles. The Kier molecular flexibility index (Phi) is 1.12. The van der Waals surface area contributed by atoms with Crippen LogP contribution < -0.4 is 0 Å². The van der Waals surface area contributed by atoms with Crippen LogP contribution in [0.1, 0.15) is 19.3 Å². The van der Waals surface area contributed by atoms with Crippen LogP contribution in [0, 0.1) is 11.8 Å². The Morgan fingerprint density at radius 3 is 2.89 bits per heavy atom. The van der Waals surface area contributed by atoms with E-state index in [4.69, 9.17) is 0 Å². The first-order valence-electron chi connectivity index (χ1n) is 3.72. The van der Waals surface area contributed by atoms with E-state index in [9.17, 15) is 5.11 Å². The molecule has 1 heteroatoms. The van der Waals surface area contributed by atoms with Crippen molar-refractivity contribution in [3.63, 3.8) is 0 Å². The maximum absolute atomic E-state index is 9.46. The van der Waals surface area contributed by atoms with Gasteiger partial charge in [-0.2, -0.15) is 0 Å². The van der Waals surface area contributed by atoms with E-state index < -0.39 is 0 Å². The molecule has 3 atom stereocenters. The van der Waals surface area contributed by atoms with Crippen molar-refractivity contribution in [3.8, 4) is 0 Å². The average Bonchev–Trinajstić information content (AvgIpc) is 2.19. The van der Waals surface area contributed by atoms with Gasteiger partial charge in [-0.05, 0) is 25.2 Å². The van der Waals surface area contributed by atoms with E-state index in [1.165, 1.54) is 12.8 Å². The number of hydrogen-bond donors (Lipinski definition) is 1. The van der Waals surface area contributed by atoms with Crippen LogP contribution in [-0.4, -0.2) is 11.2 Å². The predicted molar refractivity (Wildman–Crippen MR) is 36.0 cm³/mol. The Hall–Kier alpha value is -0.300. The van der Waals surface area contributed by atoms with Crippen LogP contribution in [0.2, 0.25) is 0 Å². The van der Waals surface area contributed by atoms with E-state index in [1.807, 2.05) is 0 Å². The molecule has 1 nitrogen and oxygen atoms in total. The second kappa shape index (κ2) is 1.84. The summed E-state index contributed by atoms with van der Waals surface area (Å²) in [7, 11) is 0. The third kappa shape index (κ3) is 0.715. The van der Waals surface area contributed by atoms with Crippen LogP contribution in [0.4, 0.5) is 0 Å². The van der Waals surface area contributed by atoms with Crippen molar-refractivity contribution in [3.05, 3.63) is 12.2 Å². The molecule has 2 rings (SSSR count). The summed E-state index contributed by atoms with van der Waals surface area (Å²) >= 11 is 0. The van der Waals surface area contributed by atoms with Crippen molar-refractivity contribution in [2.24, 2.45) is 11.8 Å². The summed E-state index contributed by atoms with van der Waals surface area (Å²) in [6.45, 7) is 0. The number of aliphatic hydroxyl groups is 1. The fourth-order valence-corrected chi connectivity index (χ4v) is 1.99. The van der Waals surface area contributed by atoms with Crippen LogP contribution in [0.3, 0.4) is 0 Å². The topological polar surface area (TPSA) is 20.2 Å². The first-order valence-corrected chi connectivity index (χ1v) is 3.72. The molecule has 9 heavy (non-hydrogen) atoms. The highest BCUT2D eigenvalue weighted by molar-refractivity contribution is 5.05. The van der Waals surface area contributed by atoms with Gasteiger partial charge in [0.1, 0.15) is 0 Å². The van der Waals surface area contributed by atoms with E-state index in [1.54, 1.807) is 0 Å². The van der Waals surface area contributed by atoms with Crippen molar-refractivity contribution >= 4 is 0 Å². The van der Waals surface area contributed by atoms with Gasteiger partial charge in [0.05, 0.1) is 6.10 Å². The van der Waals surface area contributed by atoms with Crippen molar-refractivity contribution in [2.75, 3.05) is 0 Å². The largest absolute Gasteiger partial charge is 0.392 e. The van der Waals surface area contributed by atoms with Crippen molar-refractivity contribution in [1.29, 1.82) is 0 Å². The highest BCUT2D eigenvalue weighted by Crippen LogP contribution is 2.37. The normalized spacial score (nSPS) is 47.9. The standard InChI is InChI=1S/C8H12O/c9-8-6-2-1-3-7(8)5-4-6/h1-2,6-9H,3-5H2/t6-,7+,8+/m0/s1. The molecule has 2 aliphatic rings. The lowest BCUT2D eigenvalue weighted by atomic mass is 9.92. The molecular weight excluding hydrogens is 112 g/mol. The summed E-state index contributed by atoms with van der Waals surface area (Å²) in [4.78, 5) is 0. The second-order valence-electron chi connectivity index (χ2n) is 3.16. The average molecular weight is 124 g/mol. The van der Waals surface area contributed by atoms with Crippen LogP contribution in [0.25, 0.3) is 0 Å². The highest BCUT2D eigenvalue weighted by atomic mass is 16.3. The molecule has 0 aromatic rings. The van der Waals surface area contributed by atoms with Crippen LogP contribution in [0.15, 0.2) is 12.2 Å². The molecule has 0 radical (unpaired) electrons. The molecular formula is C8H12O. The van der Waals surface area contributed by atoms with Gasteiger partial charge in [-0.3, -0.25) is 0 Å². The molecule has 0 unspecified atom stereocenters. The zero-order valence-electron chi connectivity index (χ0n) is 5.46. The summed E-state index contributed by atoms with van der Waals surface area (Å²) in [6, 6.07) is 0. The monoisotopic (exact) mass is 124 g/mol. The summed E-state index contributed by atoms with van der Waals surface area (Å²) in [6.07, 6.45) is 7.94. The Morgan fingerprint density at radius 1 is 1.33 bits per heavy atom. The van der Waals surface area contributed by atoms with Gasteiger partial charge in [-0.15, -0.1) is 0 Å². The zero-order chi connectivity index (χ0) is 6.27. The summed E-state index contributed by atoms with van der Waals surface area (Å²) in [5, 5.41) is 9.46. The number of allylic oxidation sites excluding steroid dienone is 1. The summed E-state index contributed by atoms with van der Waals surface area (Å²) in [5.41, 5.74) is 0. The SMILES string of the molecule is O[C@H]1[C@@H]2CC=C[C@H]1CC2. The molecule has 0 aromatic heterocycles. The predicted octanol–water partition coefficient (Wildman–Crippen LogP) is 1.33. The van der Waals surface area contributed by atoms with E-state index in [0.717, 1.165) is 6.42 Å². The second-order valence-corrected chi connectivity index (χ2v) is 3.16. The van der Waals surface area contributed by atoms with E-state index in [2.05, 4.69) is 12.2 Å². The Morgan fingerprint density at radius 2 is 2.22 bits per heavy atom. The van der Waals surface area contributed by atoms with Gasteiger partial charge in [-0.1, -0.05) is 12.2 Å². The van der Waals surface area contributed by atoms with Gasteiger partial charge >= 0.3 is 0 Å². The molecule has 0 aliphatic heterocycles. The Labute approximate surface area is 55.4 Å². The smallest absolute Gasteiger partial charge is 0.0633 e. The van der Waals surface area contributed by atoms with Crippen molar-refractivity contribution in [1.82, 2.24) is 0 Å². The zero-order valence-corrected chi connectivity index (χ0v) is 5.46. The van der Waals surface area contributed by atoms with Gasteiger partial charge < -0.3 is 5.11 Å². The van der Waals surface area contributed by atoms with Crippen LogP contribution in [-0.2, 0) is 0 Å². The van der Waals surface area contributed by atoms with Gasteiger partial charge in [0, 0.05) is 5.92 Å². The quantitative estimate of drug-likeness (QED) is 0.483. The van der Waals surface area contributed by atoms with Gasteiger partial charge in [0.15, 0.2) is 0 Å². The molecule has 50 valence electrons. The molecule has 0 heterocycles. The Balaban J connectivity index is 2.22. The molecule has 0 amide bonds. The number of fused-ring (bicyclic) bond motifs is 2. The minimum Gasteiger partial charge on any atom is -0.392 e. The maximum Gasteiger partial charge on any atom is 0.0633 e. The van der Waals surface area contributed by atoms with Crippen LogP contribution >= 0.6 is 0 Å². The van der Waals surface area contributed by atoms with E-state index in [-0.39, 0.29) is 6.10 Å². The van der Waals surface area contributed by atoms with Gasteiger partial charge in [-0.25, -0.2) is 0 Å². The maximum atomic E-state index is 9.46. The molecule has 2 bridgehead atoms. The third-order valence-electron chi connectivity index (χ3n) is 2.61. The third-order valence-corrected chi connectivity index (χ3v) is 2.61. The molecule has 1 N–H and O–H groups in total. The van der Waals surface area contributed by atoms with Crippen LogP contribution in [0.5, 0.6) is 0 Å². The fourth-order valence-electron chi connectivity index (χ4n) is 1.99. The lowest BCUT2D eigenvalue weighted by molar-refractivity contribution is 0.103. The number of hydrogen-bond acceptors (Lipinski definition) is 1. The van der Waals surface area contributed by atoms with E-state index >= 15 is 0 Å². The molecule has 1 saturated carbocycles. The van der Waals surface area contributed by atoms with Gasteiger partial charge in [0.25, 0.3) is 0 Å². The summed E-state index contributed by atoms with van der Waals surface area (Å²) < 4.78 is 0. The lowest BCUT2D eigenvalue weighted by Crippen LogP contribution is -2.21. The molecule has 2 aliphatic carbocycles. The minimum absolute atomic E-state index is 0.00463. The molecule has 0 spiro atoms.